The summed E-state index contributed by atoms with van der Waals surface area (Å²) in [5.41, 5.74) is -0.134. The zero-order valence-corrected chi connectivity index (χ0v) is 12.4. The average molecular weight is 268 g/mol. The monoisotopic (exact) mass is 268 g/mol. The molecule has 3 aliphatic carbocycles. The van der Waals surface area contributed by atoms with Gasteiger partial charge in [-0.25, -0.2) is 4.79 Å². The minimum Gasteiger partial charge on any atom is -0.479 e. The SMILES string of the molecule is CC1(C)OC(C(=O)O)C2CC3CC(C3(C)C)[C@@]2(C)O1. The second kappa shape index (κ2) is 3.53. The predicted octanol–water partition coefficient (Wildman–Crippen LogP) is 2.66. The van der Waals surface area contributed by atoms with Crippen molar-refractivity contribution in [2.45, 2.75) is 65.0 Å². The first kappa shape index (κ1) is 13.4. The largest absolute Gasteiger partial charge is 0.479 e. The van der Waals surface area contributed by atoms with Crippen molar-refractivity contribution < 1.29 is 19.4 Å². The quantitative estimate of drug-likeness (QED) is 0.794. The summed E-state index contributed by atoms with van der Waals surface area (Å²) in [5, 5.41) is 9.47. The molecule has 0 spiro atoms. The predicted molar refractivity (Wildman–Crippen MR) is 69.6 cm³/mol. The van der Waals surface area contributed by atoms with Gasteiger partial charge in [0.2, 0.25) is 0 Å². The Morgan fingerprint density at radius 3 is 2.32 bits per heavy atom. The fourth-order valence-electron chi connectivity index (χ4n) is 4.92. The van der Waals surface area contributed by atoms with Gasteiger partial charge >= 0.3 is 5.97 Å². The van der Waals surface area contributed by atoms with Crippen LogP contribution in [0.25, 0.3) is 0 Å². The molecule has 19 heavy (non-hydrogen) atoms. The molecule has 4 nitrogen and oxygen atoms in total. The summed E-state index contributed by atoms with van der Waals surface area (Å²) < 4.78 is 11.9. The van der Waals surface area contributed by atoms with E-state index < -0.39 is 17.9 Å². The number of ether oxygens (including phenoxy) is 2. The lowest BCUT2D eigenvalue weighted by Gasteiger charge is -2.69. The van der Waals surface area contributed by atoms with E-state index in [0.29, 0.717) is 11.8 Å². The Bertz CT molecular complexity index is 428. The summed E-state index contributed by atoms with van der Waals surface area (Å²) in [4.78, 5) is 11.5. The Morgan fingerprint density at radius 2 is 1.79 bits per heavy atom. The van der Waals surface area contributed by atoms with E-state index in [1.807, 2.05) is 13.8 Å². The molecule has 108 valence electrons. The molecule has 4 fully saturated rings. The van der Waals surface area contributed by atoms with Crippen molar-refractivity contribution in [3.8, 4) is 0 Å². The number of carbonyl (C=O) groups is 1. The van der Waals surface area contributed by atoms with E-state index in [4.69, 9.17) is 9.47 Å². The van der Waals surface area contributed by atoms with Crippen LogP contribution in [-0.2, 0) is 14.3 Å². The van der Waals surface area contributed by atoms with Gasteiger partial charge in [0.15, 0.2) is 11.9 Å². The fraction of sp³-hybridized carbons (Fsp3) is 0.933. The van der Waals surface area contributed by atoms with E-state index >= 15 is 0 Å². The Morgan fingerprint density at radius 1 is 1.16 bits per heavy atom. The van der Waals surface area contributed by atoms with Gasteiger partial charge in [0.25, 0.3) is 0 Å². The van der Waals surface area contributed by atoms with Crippen LogP contribution in [0.1, 0.15) is 47.5 Å². The van der Waals surface area contributed by atoms with Gasteiger partial charge in [-0.3, -0.25) is 0 Å². The molecule has 0 aromatic carbocycles. The van der Waals surface area contributed by atoms with Gasteiger partial charge in [0, 0.05) is 5.92 Å². The molecule has 4 aliphatic rings. The van der Waals surface area contributed by atoms with Gasteiger partial charge in [0.1, 0.15) is 0 Å². The van der Waals surface area contributed by atoms with E-state index in [9.17, 15) is 9.90 Å². The molecule has 3 saturated carbocycles. The van der Waals surface area contributed by atoms with Crippen molar-refractivity contribution in [2.75, 3.05) is 0 Å². The van der Waals surface area contributed by atoms with Crippen LogP contribution < -0.4 is 0 Å². The van der Waals surface area contributed by atoms with Crippen LogP contribution >= 0.6 is 0 Å². The third-order valence-electron chi connectivity index (χ3n) is 5.92. The number of hydrogen-bond acceptors (Lipinski definition) is 3. The maximum Gasteiger partial charge on any atom is 0.333 e. The van der Waals surface area contributed by atoms with Crippen LogP contribution in [0.2, 0.25) is 0 Å². The fourth-order valence-corrected chi connectivity index (χ4v) is 4.92. The van der Waals surface area contributed by atoms with Crippen LogP contribution in [0, 0.1) is 23.2 Å². The molecule has 4 heteroatoms. The standard InChI is InChI=1S/C15H24O4/c1-13(2)8-6-9-11(12(16)17)18-14(3,4)19-15(9,5)10(13)7-8/h8-11H,6-7H2,1-5H3,(H,16,17)/t8?,9?,10?,11?,15-/m0/s1. The maximum absolute atomic E-state index is 11.5. The first-order valence-corrected chi connectivity index (χ1v) is 7.19. The lowest BCUT2D eigenvalue weighted by atomic mass is 9.41. The molecule has 0 amide bonds. The highest BCUT2D eigenvalue weighted by Gasteiger charge is 2.69. The van der Waals surface area contributed by atoms with Crippen LogP contribution in [0.3, 0.4) is 0 Å². The van der Waals surface area contributed by atoms with E-state index in [-0.39, 0.29) is 16.9 Å². The molecular formula is C15H24O4. The number of carboxylic acid groups (broad SMARTS) is 1. The number of carboxylic acids is 1. The van der Waals surface area contributed by atoms with Crippen LogP contribution in [-0.4, -0.2) is 28.6 Å². The molecule has 5 atom stereocenters. The smallest absolute Gasteiger partial charge is 0.333 e. The minimum atomic E-state index is -0.855. The van der Waals surface area contributed by atoms with Crippen molar-refractivity contribution in [3.05, 3.63) is 0 Å². The van der Waals surface area contributed by atoms with E-state index in [1.165, 1.54) is 0 Å². The Hall–Kier alpha value is -0.610. The van der Waals surface area contributed by atoms with Gasteiger partial charge < -0.3 is 14.6 Å². The van der Waals surface area contributed by atoms with Gasteiger partial charge in [0.05, 0.1) is 5.60 Å². The van der Waals surface area contributed by atoms with Gasteiger partial charge in [-0.15, -0.1) is 0 Å². The number of aliphatic carboxylic acids is 1. The summed E-state index contributed by atoms with van der Waals surface area (Å²) in [5.74, 6) is -0.687. The van der Waals surface area contributed by atoms with Crippen LogP contribution in [0.5, 0.6) is 0 Å². The van der Waals surface area contributed by atoms with Gasteiger partial charge in [-0.2, -0.15) is 0 Å². The molecule has 2 bridgehead atoms. The van der Waals surface area contributed by atoms with Crippen molar-refractivity contribution in [1.82, 2.24) is 0 Å². The highest BCUT2D eigenvalue weighted by molar-refractivity contribution is 5.73. The molecule has 1 saturated heterocycles. The van der Waals surface area contributed by atoms with E-state index in [2.05, 4.69) is 20.8 Å². The highest BCUT2D eigenvalue weighted by Crippen LogP contribution is 2.67. The zero-order chi connectivity index (χ0) is 14.2. The Balaban J connectivity index is 2.00. The van der Waals surface area contributed by atoms with Crippen molar-refractivity contribution >= 4 is 5.97 Å². The summed E-state index contributed by atoms with van der Waals surface area (Å²) in [6.45, 7) is 10.3. The van der Waals surface area contributed by atoms with Gasteiger partial charge in [-0.05, 0) is 50.9 Å². The lowest BCUT2D eigenvalue weighted by Crippen LogP contribution is -2.72. The second-order valence-electron chi connectivity index (χ2n) is 7.71. The molecule has 0 radical (unpaired) electrons. The molecule has 1 N–H and O–H groups in total. The first-order valence-electron chi connectivity index (χ1n) is 7.19. The van der Waals surface area contributed by atoms with Crippen molar-refractivity contribution in [3.63, 3.8) is 0 Å². The summed E-state index contributed by atoms with van der Waals surface area (Å²) in [7, 11) is 0. The lowest BCUT2D eigenvalue weighted by molar-refractivity contribution is -0.398. The third-order valence-corrected chi connectivity index (χ3v) is 5.92. The zero-order valence-electron chi connectivity index (χ0n) is 12.4. The van der Waals surface area contributed by atoms with E-state index in [1.54, 1.807) is 0 Å². The molecular weight excluding hydrogens is 244 g/mol. The summed E-state index contributed by atoms with van der Waals surface area (Å²) in [6, 6.07) is 0. The molecule has 4 unspecified atom stereocenters. The third kappa shape index (κ3) is 1.62. The Labute approximate surface area is 114 Å². The number of rotatable bonds is 1. The molecule has 1 heterocycles. The van der Waals surface area contributed by atoms with Gasteiger partial charge in [-0.1, -0.05) is 13.8 Å². The summed E-state index contributed by atoms with van der Waals surface area (Å²) >= 11 is 0. The number of hydrogen-bond donors (Lipinski definition) is 1. The van der Waals surface area contributed by atoms with Crippen molar-refractivity contribution in [2.24, 2.45) is 23.2 Å². The molecule has 4 rings (SSSR count). The molecule has 0 aromatic heterocycles. The van der Waals surface area contributed by atoms with Crippen molar-refractivity contribution in [1.29, 1.82) is 0 Å². The maximum atomic E-state index is 11.5. The average Bonchev–Trinajstić information content (AvgIpc) is 2.23. The van der Waals surface area contributed by atoms with Crippen LogP contribution in [0.4, 0.5) is 0 Å². The molecule has 1 aliphatic heterocycles. The highest BCUT2D eigenvalue weighted by atomic mass is 16.7. The van der Waals surface area contributed by atoms with Crippen LogP contribution in [0.15, 0.2) is 0 Å². The molecule has 0 aromatic rings. The van der Waals surface area contributed by atoms with E-state index in [0.717, 1.165) is 12.8 Å². The first-order chi connectivity index (χ1) is 8.58. The summed E-state index contributed by atoms with van der Waals surface area (Å²) in [6.07, 6.45) is 1.31. The normalized spacial score (nSPS) is 49.9. The minimum absolute atomic E-state index is 0.0326. The Kier molecular flexibility index (Phi) is 2.48. The topological polar surface area (TPSA) is 55.8 Å². The second-order valence-corrected chi connectivity index (χ2v) is 7.71.